The van der Waals surface area contributed by atoms with Gasteiger partial charge in [0, 0.05) is 6.54 Å². The van der Waals surface area contributed by atoms with Crippen LogP contribution < -0.4 is 4.74 Å². The molecule has 1 aliphatic heterocycles. The zero-order chi connectivity index (χ0) is 15.2. The number of carbonyl (C=O) groups excluding carboxylic acids is 2. The lowest BCUT2D eigenvalue weighted by molar-refractivity contribution is -0.154. The van der Waals surface area contributed by atoms with E-state index in [0.717, 1.165) is 24.2 Å². The summed E-state index contributed by atoms with van der Waals surface area (Å²) in [5, 5.41) is 0. The molecule has 1 atom stereocenters. The zero-order valence-electron chi connectivity index (χ0n) is 12.5. The molecule has 5 heteroatoms. The quantitative estimate of drug-likeness (QED) is 0.794. The molecule has 1 amide bonds. The largest absolute Gasteiger partial charge is 0.497 e. The average molecular weight is 291 g/mol. The number of rotatable bonds is 4. The zero-order valence-corrected chi connectivity index (χ0v) is 12.5. The first-order valence-corrected chi connectivity index (χ1v) is 7.16. The molecule has 1 heterocycles. The van der Waals surface area contributed by atoms with Crippen molar-refractivity contribution in [1.82, 2.24) is 4.90 Å². The summed E-state index contributed by atoms with van der Waals surface area (Å²) in [6.07, 6.45) is 2.85. The molecule has 21 heavy (non-hydrogen) atoms. The van der Waals surface area contributed by atoms with Gasteiger partial charge in [0.25, 0.3) is 0 Å². The first-order chi connectivity index (χ1) is 10.2. The van der Waals surface area contributed by atoms with Crippen molar-refractivity contribution in [1.29, 1.82) is 0 Å². The van der Waals surface area contributed by atoms with Crippen molar-refractivity contribution >= 4 is 11.9 Å². The Balaban J connectivity index is 2.04. The van der Waals surface area contributed by atoms with Gasteiger partial charge in [-0.15, -0.1) is 0 Å². The molecule has 1 aliphatic rings. The molecule has 5 nitrogen and oxygen atoms in total. The highest BCUT2D eigenvalue weighted by Crippen LogP contribution is 2.20. The minimum Gasteiger partial charge on any atom is -0.497 e. The second-order valence-electron chi connectivity index (χ2n) is 5.15. The molecule has 1 saturated heterocycles. The molecule has 0 N–H and O–H groups in total. The van der Waals surface area contributed by atoms with Crippen LogP contribution in [0.5, 0.6) is 5.75 Å². The van der Waals surface area contributed by atoms with Gasteiger partial charge in [-0.2, -0.15) is 0 Å². The molecular formula is C16H21NO4. The van der Waals surface area contributed by atoms with Crippen molar-refractivity contribution in [3.8, 4) is 5.75 Å². The predicted molar refractivity (Wildman–Crippen MR) is 78.1 cm³/mol. The summed E-state index contributed by atoms with van der Waals surface area (Å²) >= 11 is 0. The van der Waals surface area contributed by atoms with E-state index in [9.17, 15) is 9.59 Å². The van der Waals surface area contributed by atoms with Gasteiger partial charge in [-0.3, -0.25) is 4.79 Å². The maximum atomic E-state index is 12.4. The topological polar surface area (TPSA) is 55.8 Å². The first-order valence-electron chi connectivity index (χ1n) is 7.16. The molecule has 0 saturated carbocycles. The maximum Gasteiger partial charge on any atom is 0.328 e. The number of likely N-dealkylation sites (tertiary alicyclic amines) is 1. The highest BCUT2D eigenvalue weighted by Gasteiger charge is 2.32. The third kappa shape index (κ3) is 3.74. The van der Waals surface area contributed by atoms with Crippen LogP contribution in [0.25, 0.3) is 0 Å². The first kappa shape index (κ1) is 15.4. The maximum absolute atomic E-state index is 12.4. The van der Waals surface area contributed by atoms with Crippen LogP contribution in [0.3, 0.4) is 0 Å². The molecular weight excluding hydrogens is 270 g/mol. The van der Waals surface area contributed by atoms with Crippen LogP contribution in [0.4, 0.5) is 0 Å². The Kier molecular flexibility index (Phi) is 5.20. The number of ether oxygens (including phenoxy) is 2. The molecule has 2 rings (SSSR count). The molecule has 1 aromatic rings. The number of piperidine rings is 1. The summed E-state index contributed by atoms with van der Waals surface area (Å²) in [6.45, 7) is 0.620. The Labute approximate surface area is 124 Å². The summed E-state index contributed by atoms with van der Waals surface area (Å²) in [4.78, 5) is 25.9. The van der Waals surface area contributed by atoms with E-state index in [4.69, 9.17) is 9.47 Å². The fraction of sp³-hybridized carbons (Fsp3) is 0.500. The van der Waals surface area contributed by atoms with Crippen LogP contribution in [0, 0.1) is 0 Å². The van der Waals surface area contributed by atoms with E-state index in [1.807, 2.05) is 24.3 Å². The molecule has 0 aliphatic carbocycles. The Morgan fingerprint density at radius 1 is 1.19 bits per heavy atom. The molecule has 0 bridgehead atoms. The molecule has 1 aromatic carbocycles. The van der Waals surface area contributed by atoms with E-state index >= 15 is 0 Å². The van der Waals surface area contributed by atoms with Gasteiger partial charge >= 0.3 is 5.97 Å². The minimum absolute atomic E-state index is 0.0322. The highest BCUT2D eigenvalue weighted by molar-refractivity contribution is 5.86. The van der Waals surface area contributed by atoms with Gasteiger partial charge in [0.15, 0.2) is 0 Å². The SMILES string of the molecule is COC(=O)[C@H]1CCCCN1C(=O)Cc1ccc(OC)cc1. The fourth-order valence-corrected chi connectivity index (χ4v) is 2.63. The Morgan fingerprint density at radius 3 is 2.52 bits per heavy atom. The van der Waals surface area contributed by atoms with Gasteiger partial charge in [-0.05, 0) is 37.0 Å². The second kappa shape index (κ2) is 7.11. The van der Waals surface area contributed by atoms with E-state index in [1.54, 1.807) is 12.0 Å². The van der Waals surface area contributed by atoms with Crippen molar-refractivity contribution in [3.63, 3.8) is 0 Å². The van der Waals surface area contributed by atoms with Crippen molar-refractivity contribution in [2.24, 2.45) is 0 Å². The minimum atomic E-state index is -0.436. The van der Waals surface area contributed by atoms with Gasteiger partial charge in [0.05, 0.1) is 20.6 Å². The number of carbonyl (C=O) groups is 2. The third-order valence-electron chi connectivity index (χ3n) is 3.81. The monoisotopic (exact) mass is 291 g/mol. The number of amides is 1. The standard InChI is InChI=1S/C16H21NO4/c1-20-13-8-6-12(7-9-13)11-15(18)17-10-4-3-5-14(17)16(19)21-2/h6-9,14H,3-5,10-11H2,1-2H3/t14-/m1/s1. The van der Waals surface area contributed by atoms with Crippen molar-refractivity contribution < 1.29 is 19.1 Å². The Hall–Kier alpha value is -2.04. The summed E-state index contributed by atoms with van der Waals surface area (Å²) in [5.74, 6) is 0.407. The smallest absolute Gasteiger partial charge is 0.328 e. The lowest BCUT2D eigenvalue weighted by Gasteiger charge is -2.33. The average Bonchev–Trinajstić information content (AvgIpc) is 2.54. The van der Waals surface area contributed by atoms with Crippen molar-refractivity contribution in [3.05, 3.63) is 29.8 Å². The predicted octanol–water partition coefficient (Wildman–Crippen LogP) is 1.79. The summed E-state index contributed by atoms with van der Waals surface area (Å²) in [5.41, 5.74) is 0.912. The number of esters is 1. The summed E-state index contributed by atoms with van der Waals surface area (Å²) in [7, 11) is 2.97. The lowest BCUT2D eigenvalue weighted by atomic mass is 10.0. The van der Waals surface area contributed by atoms with E-state index in [2.05, 4.69) is 0 Å². The normalized spacial score (nSPS) is 18.2. The molecule has 0 aromatic heterocycles. The molecule has 114 valence electrons. The van der Waals surface area contributed by atoms with Gasteiger partial charge in [-0.1, -0.05) is 12.1 Å². The van der Waals surface area contributed by atoms with Gasteiger partial charge < -0.3 is 14.4 Å². The number of hydrogen-bond acceptors (Lipinski definition) is 4. The van der Waals surface area contributed by atoms with Crippen molar-refractivity contribution in [2.45, 2.75) is 31.7 Å². The van der Waals surface area contributed by atoms with Gasteiger partial charge in [0.1, 0.15) is 11.8 Å². The molecule has 1 fully saturated rings. The van der Waals surface area contributed by atoms with Crippen LogP contribution >= 0.6 is 0 Å². The van der Waals surface area contributed by atoms with Crippen molar-refractivity contribution in [2.75, 3.05) is 20.8 Å². The number of methoxy groups -OCH3 is 2. The fourth-order valence-electron chi connectivity index (χ4n) is 2.63. The molecule has 0 spiro atoms. The van der Waals surface area contributed by atoms with Crippen LogP contribution in [0.2, 0.25) is 0 Å². The molecule has 0 unspecified atom stereocenters. The second-order valence-corrected chi connectivity index (χ2v) is 5.15. The van der Waals surface area contributed by atoms with Gasteiger partial charge in [0.2, 0.25) is 5.91 Å². The number of hydrogen-bond donors (Lipinski definition) is 0. The van der Waals surface area contributed by atoms with E-state index in [-0.39, 0.29) is 18.3 Å². The summed E-state index contributed by atoms with van der Waals surface area (Å²) in [6, 6.07) is 6.96. The van der Waals surface area contributed by atoms with Crippen LogP contribution in [-0.2, 0) is 20.7 Å². The van der Waals surface area contributed by atoms with E-state index < -0.39 is 6.04 Å². The van der Waals surface area contributed by atoms with Crippen LogP contribution in [-0.4, -0.2) is 43.6 Å². The lowest BCUT2D eigenvalue weighted by Crippen LogP contribution is -2.49. The number of benzene rings is 1. The Bertz CT molecular complexity index is 498. The van der Waals surface area contributed by atoms with E-state index in [0.29, 0.717) is 13.0 Å². The number of nitrogens with zero attached hydrogens (tertiary/aromatic N) is 1. The van der Waals surface area contributed by atoms with E-state index in [1.165, 1.54) is 7.11 Å². The Morgan fingerprint density at radius 2 is 1.90 bits per heavy atom. The van der Waals surface area contributed by atoms with Crippen LogP contribution in [0.1, 0.15) is 24.8 Å². The van der Waals surface area contributed by atoms with Crippen LogP contribution in [0.15, 0.2) is 24.3 Å². The molecule has 0 radical (unpaired) electrons. The highest BCUT2D eigenvalue weighted by atomic mass is 16.5. The summed E-state index contributed by atoms with van der Waals surface area (Å²) < 4.78 is 9.90. The van der Waals surface area contributed by atoms with Gasteiger partial charge in [-0.25, -0.2) is 4.79 Å². The third-order valence-corrected chi connectivity index (χ3v) is 3.81.